The summed E-state index contributed by atoms with van der Waals surface area (Å²) in [7, 11) is 0. The maximum atomic E-state index is 11.0. The molecule has 19 heavy (non-hydrogen) atoms. The van der Waals surface area contributed by atoms with Crippen LogP contribution in [0.3, 0.4) is 0 Å². The summed E-state index contributed by atoms with van der Waals surface area (Å²) in [5.41, 5.74) is -1.77. The Morgan fingerprint density at radius 3 is 2.11 bits per heavy atom. The number of aliphatic hydroxyl groups is 4. The van der Waals surface area contributed by atoms with Crippen LogP contribution >= 0.6 is 0 Å². The molecule has 2 rings (SSSR count). The van der Waals surface area contributed by atoms with Gasteiger partial charge in [0, 0.05) is 24.5 Å². The zero-order chi connectivity index (χ0) is 14.4. The number of hydrogen-bond donors (Lipinski definition) is 4. The van der Waals surface area contributed by atoms with E-state index < -0.39 is 11.0 Å². The van der Waals surface area contributed by atoms with Gasteiger partial charge in [-0.05, 0) is 36.5 Å². The molecule has 112 valence electrons. The highest BCUT2D eigenvalue weighted by Crippen LogP contribution is 2.65. The molecular formula is C15H28O4. The van der Waals surface area contributed by atoms with E-state index in [2.05, 4.69) is 13.8 Å². The molecule has 0 saturated heterocycles. The fourth-order valence-electron chi connectivity index (χ4n) is 5.10. The SMILES string of the molecule is CC(C)[C@H]1CC[C@]2(C)[C@@H](CO)[C@H]1[C@@H](CO)C2(O)CO. The third kappa shape index (κ3) is 1.80. The average molecular weight is 272 g/mol. The molecule has 2 aliphatic carbocycles. The van der Waals surface area contributed by atoms with Crippen LogP contribution < -0.4 is 0 Å². The van der Waals surface area contributed by atoms with Gasteiger partial charge in [-0.3, -0.25) is 0 Å². The van der Waals surface area contributed by atoms with Crippen LogP contribution in [-0.4, -0.2) is 45.8 Å². The van der Waals surface area contributed by atoms with Crippen LogP contribution in [-0.2, 0) is 0 Å². The second-order valence-corrected chi connectivity index (χ2v) is 7.10. The van der Waals surface area contributed by atoms with E-state index in [-0.39, 0.29) is 37.6 Å². The van der Waals surface area contributed by atoms with E-state index in [0.717, 1.165) is 12.8 Å². The first-order valence-electron chi connectivity index (χ1n) is 7.42. The van der Waals surface area contributed by atoms with E-state index in [1.165, 1.54) is 0 Å². The molecule has 1 unspecified atom stereocenters. The van der Waals surface area contributed by atoms with Gasteiger partial charge in [-0.25, -0.2) is 0 Å². The second kappa shape index (κ2) is 4.99. The monoisotopic (exact) mass is 272 g/mol. The Labute approximate surface area is 115 Å². The summed E-state index contributed by atoms with van der Waals surface area (Å²) in [5.74, 6) is 0.560. The highest BCUT2D eigenvalue weighted by molar-refractivity contribution is 5.17. The zero-order valence-electron chi connectivity index (χ0n) is 12.2. The maximum absolute atomic E-state index is 11.0. The van der Waals surface area contributed by atoms with Crippen molar-refractivity contribution in [1.29, 1.82) is 0 Å². The van der Waals surface area contributed by atoms with Gasteiger partial charge in [0.2, 0.25) is 0 Å². The molecule has 0 heterocycles. The lowest BCUT2D eigenvalue weighted by Crippen LogP contribution is -2.52. The molecule has 0 aromatic rings. The lowest BCUT2D eigenvalue weighted by atomic mass is 9.60. The van der Waals surface area contributed by atoms with Crippen molar-refractivity contribution in [3.05, 3.63) is 0 Å². The van der Waals surface area contributed by atoms with Crippen molar-refractivity contribution in [3.63, 3.8) is 0 Å². The van der Waals surface area contributed by atoms with Crippen LogP contribution in [0.15, 0.2) is 0 Å². The van der Waals surface area contributed by atoms with Crippen molar-refractivity contribution in [3.8, 4) is 0 Å². The molecule has 0 radical (unpaired) electrons. The molecule has 2 bridgehead atoms. The minimum atomic E-state index is -1.27. The normalized spacial score (nSPS) is 49.9. The Morgan fingerprint density at radius 2 is 1.68 bits per heavy atom. The molecule has 4 heteroatoms. The summed E-state index contributed by atoms with van der Waals surface area (Å²) < 4.78 is 0. The lowest BCUT2D eigenvalue weighted by molar-refractivity contribution is -0.139. The zero-order valence-corrected chi connectivity index (χ0v) is 12.2. The Kier molecular flexibility index (Phi) is 4.00. The van der Waals surface area contributed by atoms with Gasteiger partial charge in [-0.1, -0.05) is 20.8 Å². The summed E-state index contributed by atoms with van der Waals surface area (Å²) >= 11 is 0. The molecular weight excluding hydrogens is 244 g/mol. The summed E-state index contributed by atoms with van der Waals surface area (Å²) in [6, 6.07) is 0. The van der Waals surface area contributed by atoms with E-state index in [1.807, 2.05) is 6.92 Å². The van der Waals surface area contributed by atoms with E-state index >= 15 is 0 Å². The van der Waals surface area contributed by atoms with Gasteiger partial charge in [-0.15, -0.1) is 0 Å². The van der Waals surface area contributed by atoms with Crippen LogP contribution in [0.25, 0.3) is 0 Å². The molecule has 2 aliphatic rings. The first kappa shape index (κ1) is 15.2. The minimum Gasteiger partial charge on any atom is -0.396 e. The molecule has 0 aliphatic heterocycles. The Hall–Kier alpha value is -0.160. The molecule has 6 atom stereocenters. The van der Waals surface area contributed by atoms with Crippen molar-refractivity contribution < 1.29 is 20.4 Å². The van der Waals surface area contributed by atoms with Crippen LogP contribution in [0.5, 0.6) is 0 Å². The van der Waals surface area contributed by atoms with Gasteiger partial charge in [0.05, 0.1) is 12.2 Å². The Bertz CT molecular complexity index is 330. The fraction of sp³-hybridized carbons (Fsp3) is 1.00. The Balaban J connectivity index is 2.49. The lowest BCUT2D eigenvalue weighted by Gasteiger charge is -2.46. The molecule has 0 spiro atoms. The number of hydrogen-bond acceptors (Lipinski definition) is 4. The molecule has 0 amide bonds. The van der Waals surface area contributed by atoms with Gasteiger partial charge < -0.3 is 20.4 Å². The van der Waals surface area contributed by atoms with Crippen molar-refractivity contribution in [2.75, 3.05) is 19.8 Å². The maximum Gasteiger partial charge on any atom is 0.0986 e. The van der Waals surface area contributed by atoms with E-state index in [9.17, 15) is 20.4 Å². The number of aliphatic hydroxyl groups excluding tert-OH is 3. The summed E-state index contributed by atoms with van der Waals surface area (Å²) in [5, 5.41) is 40.3. The first-order valence-corrected chi connectivity index (χ1v) is 7.42. The predicted octanol–water partition coefficient (Wildman–Crippen LogP) is 0.629. The van der Waals surface area contributed by atoms with E-state index in [1.54, 1.807) is 0 Å². The van der Waals surface area contributed by atoms with Gasteiger partial charge in [0.25, 0.3) is 0 Å². The molecule has 2 saturated carbocycles. The highest BCUT2D eigenvalue weighted by atomic mass is 16.3. The largest absolute Gasteiger partial charge is 0.396 e. The Morgan fingerprint density at radius 1 is 1.11 bits per heavy atom. The van der Waals surface area contributed by atoms with Gasteiger partial charge >= 0.3 is 0 Å². The van der Waals surface area contributed by atoms with Gasteiger partial charge in [-0.2, -0.15) is 0 Å². The molecule has 2 fully saturated rings. The van der Waals surface area contributed by atoms with Crippen molar-refractivity contribution in [2.45, 2.75) is 39.2 Å². The first-order chi connectivity index (χ1) is 8.87. The molecule has 4 N–H and O–H groups in total. The van der Waals surface area contributed by atoms with Crippen LogP contribution in [0.2, 0.25) is 0 Å². The van der Waals surface area contributed by atoms with Crippen molar-refractivity contribution in [1.82, 2.24) is 0 Å². The smallest absolute Gasteiger partial charge is 0.0986 e. The number of rotatable bonds is 4. The standard InChI is InChI=1S/C15H28O4/c1-9(2)10-4-5-14(3)11(6-16)13(10)12(7-17)15(14,19)8-18/h9-13,16-19H,4-8H2,1-3H3/t10-,11+,12-,13+,14-,15?/m1/s1. The summed E-state index contributed by atoms with van der Waals surface area (Å²) in [6.45, 7) is 5.83. The van der Waals surface area contributed by atoms with Gasteiger partial charge in [0.1, 0.15) is 0 Å². The third-order valence-electron chi connectivity index (χ3n) is 6.33. The van der Waals surface area contributed by atoms with Gasteiger partial charge in [0.15, 0.2) is 0 Å². The van der Waals surface area contributed by atoms with Crippen molar-refractivity contribution >= 4 is 0 Å². The topological polar surface area (TPSA) is 80.9 Å². The fourth-order valence-corrected chi connectivity index (χ4v) is 5.10. The molecule has 0 aromatic heterocycles. The summed E-state index contributed by atoms with van der Waals surface area (Å²) in [6.07, 6.45) is 1.79. The summed E-state index contributed by atoms with van der Waals surface area (Å²) in [4.78, 5) is 0. The molecule has 4 nitrogen and oxygen atoms in total. The second-order valence-electron chi connectivity index (χ2n) is 7.10. The highest BCUT2D eigenvalue weighted by Gasteiger charge is 2.68. The number of fused-ring (bicyclic) bond motifs is 2. The quantitative estimate of drug-likeness (QED) is 0.605. The van der Waals surface area contributed by atoms with Crippen LogP contribution in [0.4, 0.5) is 0 Å². The van der Waals surface area contributed by atoms with E-state index in [4.69, 9.17) is 0 Å². The third-order valence-corrected chi connectivity index (χ3v) is 6.33. The van der Waals surface area contributed by atoms with E-state index in [0.29, 0.717) is 11.8 Å². The molecule has 0 aromatic carbocycles. The predicted molar refractivity (Wildman–Crippen MR) is 72.3 cm³/mol. The average Bonchev–Trinajstić information content (AvgIpc) is 2.49. The minimum absolute atomic E-state index is 0.0171. The van der Waals surface area contributed by atoms with Crippen molar-refractivity contribution in [2.24, 2.45) is 35.0 Å². The van der Waals surface area contributed by atoms with Crippen LogP contribution in [0.1, 0.15) is 33.6 Å². The van der Waals surface area contributed by atoms with Crippen LogP contribution in [0, 0.1) is 35.0 Å².